The van der Waals surface area contributed by atoms with Gasteiger partial charge in [0, 0.05) is 21.3 Å². The van der Waals surface area contributed by atoms with Crippen LogP contribution in [0.5, 0.6) is 17.2 Å². The third kappa shape index (κ3) is 4.20. The van der Waals surface area contributed by atoms with E-state index in [1.165, 1.54) is 48.2 Å². The summed E-state index contributed by atoms with van der Waals surface area (Å²) in [6.07, 6.45) is -4.20. The van der Waals surface area contributed by atoms with Crippen molar-refractivity contribution < 1.29 is 32.9 Å². The van der Waals surface area contributed by atoms with Crippen molar-refractivity contribution in [2.45, 2.75) is 35.4 Å². The van der Waals surface area contributed by atoms with Gasteiger partial charge in [0.15, 0.2) is 17.3 Å². The van der Waals surface area contributed by atoms with Gasteiger partial charge in [-0.3, -0.25) is 4.79 Å². The number of ether oxygens (including phenoxy) is 1. The second-order valence-electron chi connectivity index (χ2n) is 7.09. The van der Waals surface area contributed by atoms with Gasteiger partial charge in [-0.15, -0.1) is 13.2 Å². The Kier molecular flexibility index (Phi) is 5.35. The van der Waals surface area contributed by atoms with Crippen LogP contribution in [-0.4, -0.2) is 22.4 Å². The molecular weight excluding hydrogens is 429 g/mol. The maximum absolute atomic E-state index is 13.1. The summed E-state index contributed by atoms with van der Waals surface area (Å²) in [5.41, 5.74) is 2.63. The molecular formula is C23H17F3O4S. The van der Waals surface area contributed by atoms with E-state index in [-0.39, 0.29) is 23.0 Å². The van der Waals surface area contributed by atoms with Crippen molar-refractivity contribution >= 4 is 17.5 Å². The second-order valence-corrected chi connectivity index (χ2v) is 8.17. The maximum Gasteiger partial charge on any atom is 0.573 e. The molecule has 4 rings (SSSR count). The average Bonchev–Trinajstić information content (AvgIpc) is 2.81. The van der Waals surface area contributed by atoms with Crippen LogP contribution in [0.3, 0.4) is 0 Å². The second kappa shape index (κ2) is 7.85. The highest BCUT2D eigenvalue weighted by Gasteiger charge is 2.32. The highest BCUT2D eigenvalue weighted by Crippen LogP contribution is 2.46. The molecule has 1 heterocycles. The highest BCUT2D eigenvalue weighted by atomic mass is 32.2. The Morgan fingerprint density at radius 2 is 1.58 bits per heavy atom. The molecule has 160 valence electrons. The van der Waals surface area contributed by atoms with Gasteiger partial charge in [-0.2, -0.15) is 0 Å². The van der Waals surface area contributed by atoms with Gasteiger partial charge in [0.1, 0.15) is 5.75 Å². The zero-order valence-corrected chi connectivity index (χ0v) is 17.1. The van der Waals surface area contributed by atoms with Crippen LogP contribution >= 0.6 is 11.8 Å². The maximum atomic E-state index is 13.1. The monoisotopic (exact) mass is 446 g/mol. The fourth-order valence-electron chi connectivity index (χ4n) is 3.63. The molecule has 1 atom stereocenters. The van der Waals surface area contributed by atoms with Gasteiger partial charge in [-0.1, -0.05) is 43.0 Å². The van der Waals surface area contributed by atoms with Crippen molar-refractivity contribution in [3.63, 3.8) is 0 Å². The number of rotatable bonds is 3. The van der Waals surface area contributed by atoms with E-state index in [9.17, 15) is 28.2 Å². The van der Waals surface area contributed by atoms with Crippen molar-refractivity contribution in [1.82, 2.24) is 0 Å². The van der Waals surface area contributed by atoms with Gasteiger partial charge in [-0.25, -0.2) is 0 Å². The molecule has 0 radical (unpaired) electrons. The summed E-state index contributed by atoms with van der Waals surface area (Å²) in [7, 11) is 0. The number of alkyl halides is 3. The molecule has 1 aliphatic rings. The van der Waals surface area contributed by atoms with E-state index < -0.39 is 12.3 Å². The zero-order chi connectivity index (χ0) is 22.3. The molecule has 0 aliphatic carbocycles. The SMILES string of the molecule is CCC1C(=O)c2cc(O)c(O)cc2Sc2cc(-c3ccc(OC(F)(F)F)cc3)ccc21. The van der Waals surface area contributed by atoms with E-state index in [0.29, 0.717) is 22.4 Å². The van der Waals surface area contributed by atoms with Gasteiger partial charge in [0.25, 0.3) is 0 Å². The first-order chi connectivity index (χ1) is 14.7. The van der Waals surface area contributed by atoms with Gasteiger partial charge in [-0.05, 0) is 53.4 Å². The Balaban J connectivity index is 1.75. The molecule has 3 aromatic rings. The first kappa shape index (κ1) is 21.1. The molecule has 0 fully saturated rings. The van der Waals surface area contributed by atoms with Gasteiger partial charge < -0.3 is 14.9 Å². The Morgan fingerprint density at radius 3 is 2.23 bits per heavy atom. The smallest absolute Gasteiger partial charge is 0.504 e. The average molecular weight is 446 g/mol. The van der Waals surface area contributed by atoms with Crippen LogP contribution in [0.4, 0.5) is 13.2 Å². The Bertz CT molecular complexity index is 1160. The molecule has 4 nitrogen and oxygen atoms in total. The summed E-state index contributed by atoms with van der Waals surface area (Å²) in [4.78, 5) is 14.4. The lowest BCUT2D eigenvalue weighted by Crippen LogP contribution is -2.16. The number of halogens is 3. The molecule has 1 unspecified atom stereocenters. The third-order valence-electron chi connectivity index (χ3n) is 5.10. The fourth-order valence-corrected chi connectivity index (χ4v) is 4.82. The summed E-state index contributed by atoms with van der Waals surface area (Å²) in [5.74, 6) is -1.52. The molecule has 1 aliphatic heterocycles. The lowest BCUT2D eigenvalue weighted by atomic mass is 9.87. The molecule has 8 heteroatoms. The third-order valence-corrected chi connectivity index (χ3v) is 6.23. The largest absolute Gasteiger partial charge is 0.573 e. The summed E-state index contributed by atoms with van der Waals surface area (Å²) in [6.45, 7) is 1.90. The first-order valence-electron chi connectivity index (χ1n) is 9.44. The van der Waals surface area contributed by atoms with Gasteiger partial charge >= 0.3 is 6.36 Å². The molecule has 0 saturated carbocycles. The van der Waals surface area contributed by atoms with E-state index in [1.54, 1.807) is 0 Å². The molecule has 31 heavy (non-hydrogen) atoms. The van der Waals surface area contributed by atoms with E-state index in [0.717, 1.165) is 16.0 Å². The van der Waals surface area contributed by atoms with Crippen molar-refractivity contribution in [2.24, 2.45) is 0 Å². The topological polar surface area (TPSA) is 66.8 Å². The minimum absolute atomic E-state index is 0.138. The molecule has 0 spiro atoms. The molecule has 0 amide bonds. The predicted molar refractivity (Wildman–Crippen MR) is 110 cm³/mol. The molecule has 0 aromatic heterocycles. The number of fused-ring (bicyclic) bond motifs is 2. The highest BCUT2D eigenvalue weighted by molar-refractivity contribution is 7.99. The normalized spacial score (nSPS) is 15.7. The Hall–Kier alpha value is -3.13. The van der Waals surface area contributed by atoms with E-state index in [2.05, 4.69) is 4.74 Å². The first-order valence-corrected chi connectivity index (χ1v) is 10.3. The van der Waals surface area contributed by atoms with Crippen LogP contribution < -0.4 is 4.74 Å². The summed E-state index contributed by atoms with van der Waals surface area (Å²) < 4.78 is 41.1. The molecule has 0 bridgehead atoms. The summed E-state index contributed by atoms with van der Waals surface area (Å²) >= 11 is 1.30. The van der Waals surface area contributed by atoms with E-state index >= 15 is 0 Å². The van der Waals surface area contributed by atoms with Crippen molar-refractivity contribution in [3.8, 4) is 28.4 Å². The Labute approximate surface area is 180 Å². The van der Waals surface area contributed by atoms with Crippen LogP contribution in [0, 0.1) is 0 Å². The number of carbonyl (C=O) groups excluding carboxylic acids is 1. The minimum Gasteiger partial charge on any atom is -0.504 e. The van der Waals surface area contributed by atoms with E-state index in [1.807, 2.05) is 25.1 Å². The number of phenolic OH excluding ortho intramolecular Hbond substituents is 2. The standard InChI is InChI=1S/C23H17F3O4S/c1-2-15-16-8-5-13(12-3-6-14(7-4-12)30-23(24,25)26)9-20(16)31-21-11-19(28)18(27)10-17(21)22(15)29/h3-11,15,27-28H,2H2,1H3. The van der Waals surface area contributed by atoms with Crippen LogP contribution in [0.15, 0.2) is 64.4 Å². The number of carbonyl (C=O) groups is 1. The van der Waals surface area contributed by atoms with Crippen LogP contribution in [0.25, 0.3) is 11.1 Å². The minimum atomic E-state index is -4.75. The number of Topliss-reactive ketones (excluding diaryl/α,β-unsaturated/α-hetero) is 1. The number of benzene rings is 3. The summed E-state index contributed by atoms with van der Waals surface area (Å²) in [5, 5.41) is 19.8. The van der Waals surface area contributed by atoms with E-state index in [4.69, 9.17) is 0 Å². The van der Waals surface area contributed by atoms with Crippen molar-refractivity contribution in [2.75, 3.05) is 0 Å². The summed E-state index contributed by atoms with van der Waals surface area (Å²) in [6, 6.07) is 13.7. The van der Waals surface area contributed by atoms with Crippen molar-refractivity contribution in [1.29, 1.82) is 0 Å². The van der Waals surface area contributed by atoms with Gasteiger partial charge in [0.05, 0.1) is 0 Å². The number of ketones is 1. The van der Waals surface area contributed by atoms with Gasteiger partial charge in [0.2, 0.25) is 0 Å². The fraction of sp³-hybridized carbons (Fsp3) is 0.174. The lowest BCUT2D eigenvalue weighted by Gasteiger charge is -2.16. The van der Waals surface area contributed by atoms with Crippen LogP contribution in [0.2, 0.25) is 0 Å². The number of hydrogen-bond acceptors (Lipinski definition) is 5. The molecule has 3 aromatic carbocycles. The predicted octanol–water partition coefficient (Wildman–Crippen LogP) is 6.50. The van der Waals surface area contributed by atoms with Crippen molar-refractivity contribution in [3.05, 3.63) is 65.7 Å². The quantitative estimate of drug-likeness (QED) is 0.449. The van der Waals surface area contributed by atoms with Crippen LogP contribution in [0.1, 0.15) is 35.2 Å². The number of hydrogen-bond donors (Lipinski definition) is 2. The van der Waals surface area contributed by atoms with Crippen LogP contribution in [-0.2, 0) is 0 Å². The molecule has 2 N–H and O–H groups in total. The number of phenols is 2. The zero-order valence-electron chi connectivity index (χ0n) is 16.2. The number of aromatic hydroxyl groups is 2. The Morgan fingerprint density at radius 1 is 0.935 bits per heavy atom. The lowest BCUT2D eigenvalue weighted by molar-refractivity contribution is -0.274. The molecule has 0 saturated heterocycles.